The first-order chi connectivity index (χ1) is 11.5. The van der Waals surface area contributed by atoms with E-state index in [4.69, 9.17) is 11.5 Å². The Hall–Kier alpha value is -3.05. The van der Waals surface area contributed by atoms with Crippen molar-refractivity contribution in [3.05, 3.63) is 29.3 Å². The van der Waals surface area contributed by atoms with E-state index in [0.29, 0.717) is 24.2 Å². The number of hydrogen-bond donors (Lipinski definition) is 4. The quantitative estimate of drug-likeness (QED) is 0.334. The van der Waals surface area contributed by atoms with Crippen molar-refractivity contribution >= 4 is 23.6 Å². The van der Waals surface area contributed by atoms with Crippen LogP contribution in [-0.2, 0) is 9.53 Å². The number of nitrogens with two attached hydrogens (primary N) is 2. The van der Waals surface area contributed by atoms with Crippen molar-refractivity contribution in [1.82, 2.24) is 5.32 Å². The van der Waals surface area contributed by atoms with Gasteiger partial charge in [-0.3, -0.25) is 4.79 Å². The van der Waals surface area contributed by atoms with Gasteiger partial charge >= 0.3 is 12.0 Å². The fraction of sp³-hybridized carbons (Fsp3) is 0.312. The first-order valence-electron chi connectivity index (χ1n) is 7.21. The van der Waals surface area contributed by atoms with Crippen molar-refractivity contribution in [1.29, 1.82) is 0 Å². The second-order valence-corrected chi connectivity index (χ2v) is 4.74. The summed E-state index contributed by atoms with van der Waals surface area (Å²) in [6, 6.07) is 4.05. The zero-order valence-electron chi connectivity index (χ0n) is 13.3. The molecule has 0 atom stereocenters. The van der Waals surface area contributed by atoms with Gasteiger partial charge in [0.05, 0.1) is 19.2 Å². The first kappa shape index (κ1) is 19.0. The third kappa shape index (κ3) is 6.81. The average molecular weight is 332 g/mol. The van der Waals surface area contributed by atoms with Crippen molar-refractivity contribution in [3.8, 4) is 11.8 Å². The SMILES string of the molecule is COC(=O)c1cc(C#CCN)cc(NC(=O)CCCNC(N)=O)c1. The summed E-state index contributed by atoms with van der Waals surface area (Å²) in [7, 11) is 1.27. The summed E-state index contributed by atoms with van der Waals surface area (Å²) in [5.74, 6) is 4.69. The average Bonchev–Trinajstić information content (AvgIpc) is 2.55. The van der Waals surface area contributed by atoms with Gasteiger partial charge < -0.3 is 26.8 Å². The predicted molar refractivity (Wildman–Crippen MR) is 89.2 cm³/mol. The van der Waals surface area contributed by atoms with Crippen LogP contribution in [0, 0.1) is 11.8 Å². The van der Waals surface area contributed by atoms with Crippen LogP contribution in [0.5, 0.6) is 0 Å². The van der Waals surface area contributed by atoms with Crippen LogP contribution in [0.25, 0.3) is 0 Å². The van der Waals surface area contributed by atoms with E-state index in [0.717, 1.165) is 0 Å². The number of ether oxygens (including phenoxy) is 1. The van der Waals surface area contributed by atoms with Gasteiger partial charge in [-0.25, -0.2) is 9.59 Å². The smallest absolute Gasteiger partial charge is 0.337 e. The van der Waals surface area contributed by atoms with Crippen LogP contribution >= 0.6 is 0 Å². The van der Waals surface area contributed by atoms with Gasteiger partial charge in [0.2, 0.25) is 5.91 Å². The third-order valence-corrected chi connectivity index (χ3v) is 2.85. The summed E-state index contributed by atoms with van der Waals surface area (Å²) in [6.45, 7) is 0.481. The van der Waals surface area contributed by atoms with Gasteiger partial charge in [0.25, 0.3) is 0 Å². The van der Waals surface area contributed by atoms with E-state index >= 15 is 0 Å². The number of rotatable bonds is 6. The molecular weight excluding hydrogens is 312 g/mol. The molecule has 8 nitrogen and oxygen atoms in total. The third-order valence-electron chi connectivity index (χ3n) is 2.85. The number of nitrogens with one attached hydrogen (secondary N) is 2. The molecular formula is C16H20N4O4. The topological polar surface area (TPSA) is 137 Å². The molecule has 6 N–H and O–H groups in total. The fourth-order valence-corrected chi connectivity index (χ4v) is 1.84. The maximum atomic E-state index is 11.9. The minimum absolute atomic E-state index is 0.178. The lowest BCUT2D eigenvalue weighted by Gasteiger charge is -2.08. The summed E-state index contributed by atoms with van der Waals surface area (Å²) in [5, 5.41) is 5.07. The molecule has 0 aliphatic heterocycles. The molecule has 8 heteroatoms. The number of benzene rings is 1. The molecule has 0 aliphatic rings. The number of primary amides is 1. The fourth-order valence-electron chi connectivity index (χ4n) is 1.84. The monoisotopic (exact) mass is 332 g/mol. The highest BCUT2D eigenvalue weighted by Crippen LogP contribution is 2.16. The Morgan fingerprint density at radius 3 is 2.62 bits per heavy atom. The zero-order chi connectivity index (χ0) is 17.9. The van der Waals surface area contributed by atoms with Gasteiger partial charge in [-0.05, 0) is 24.6 Å². The molecule has 1 aromatic rings. The van der Waals surface area contributed by atoms with E-state index < -0.39 is 12.0 Å². The Morgan fingerprint density at radius 1 is 1.25 bits per heavy atom. The van der Waals surface area contributed by atoms with Crippen molar-refractivity contribution in [2.24, 2.45) is 11.5 Å². The van der Waals surface area contributed by atoms with Gasteiger partial charge in [-0.15, -0.1) is 0 Å². The lowest BCUT2D eigenvalue weighted by atomic mass is 10.1. The van der Waals surface area contributed by atoms with Gasteiger partial charge in [0, 0.05) is 24.2 Å². The predicted octanol–water partition coefficient (Wildman–Crippen LogP) is 0.170. The number of anilines is 1. The molecule has 0 aliphatic carbocycles. The van der Waals surface area contributed by atoms with E-state index in [9.17, 15) is 14.4 Å². The van der Waals surface area contributed by atoms with Crippen LogP contribution in [0.15, 0.2) is 18.2 Å². The second kappa shape index (κ2) is 9.86. The van der Waals surface area contributed by atoms with Crippen LogP contribution in [0.4, 0.5) is 10.5 Å². The maximum Gasteiger partial charge on any atom is 0.337 e. The second-order valence-electron chi connectivity index (χ2n) is 4.74. The molecule has 0 radical (unpaired) electrons. The number of carbonyl (C=O) groups excluding carboxylic acids is 3. The normalized spacial score (nSPS) is 9.42. The van der Waals surface area contributed by atoms with Crippen LogP contribution in [-0.4, -0.2) is 38.1 Å². The van der Waals surface area contributed by atoms with Crippen LogP contribution in [0.3, 0.4) is 0 Å². The van der Waals surface area contributed by atoms with Crippen LogP contribution < -0.4 is 22.1 Å². The summed E-state index contributed by atoms with van der Waals surface area (Å²) < 4.78 is 4.68. The molecule has 1 aromatic carbocycles. The Labute approximate surface area is 139 Å². The lowest BCUT2D eigenvalue weighted by molar-refractivity contribution is -0.116. The number of urea groups is 1. The summed E-state index contributed by atoms with van der Waals surface area (Å²) >= 11 is 0. The molecule has 0 bridgehead atoms. The maximum absolute atomic E-state index is 11.9. The molecule has 0 heterocycles. The highest BCUT2D eigenvalue weighted by Gasteiger charge is 2.10. The Balaban J connectivity index is 2.79. The molecule has 24 heavy (non-hydrogen) atoms. The van der Waals surface area contributed by atoms with Gasteiger partial charge in [0.1, 0.15) is 0 Å². The number of hydrogen-bond acceptors (Lipinski definition) is 5. The molecule has 3 amide bonds. The Bertz CT molecular complexity index is 676. The van der Waals surface area contributed by atoms with Crippen LogP contribution in [0.1, 0.15) is 28.8 Å². The minimum atomic E-state index is -0.635. The van der Waals surface area contributed by atoms with E-state index in [1.807, 2.05) is 0 Å². The minimum Gasteiger partial charge on any atom is -0.465 e. The summed E-state index contributed by atoms with van der Waals surface area (Å²) in [5.41, 5.74) is 11.5. The standard InChI is InChI=1S/C16H20N4O4/c1-24-15(22)12-8-11(4-2-6-17)9-13(10-12)20-14(21)5-3-7-19-16(18)23/h8-10H,3,5-7,17H2,1H3,(H,20,21)(H3,18,19,23). The molecule has 0 saturated heterocycles. The van der Waals surface area contributed by atoms with Crippen molar-refractivity contribution < 1.29 is 19.1 Å². The zero-order valence-corrected chi connectivity index (χ0v) is 13.3. The van der Waals surface area contributed by atoms with Crippen molar-refractivity contribution in [2.75, 3.05) is 25.5 Å². The van der Waals surface area contributed by atoms with Crippen molar-refractivity contribution in [2.45, 2.75) is 12.8 Å². The number of amides is 3. The van der Waals surface area contributed by atoms with E-state index in [1.54, 1.807) is 12.1 Å². The summed E-state index contributed by atoms with van der Waals surface area (Å²) in [4.78, 5) is 34.1. The van der Waals surface area contributed by atoms with Gasteiger partial charge in [0.15, 0.2) is 0 Å². The number of carbonyl (C=O) groups is 3. The molecule has 0 unspecified atom stereocenters. The Morgan fingerprint density at radius 2 is 2.00 bits per heavy atom. The van der Waals surface area contributed by atoms with E-state index in [1.165, 1.54) is 13.2 Å². The lowest BCUT2D eigenvalue weighted by Crippen LogP contribution is -2.30. The van der Waals surface area contributed by atoms with E-state index in [-0.39, 0.29) is 24.4 Å². The highest BCUT2D eigenvalue weighted by molar-refractivity contribution is 5.95. The molecule has 1 rings (SSSR count). The Kier molecular flexibility index (Phi) is 7.81. The van der Waals surface area contributed by atoms with E-state index in [2.05, 4.69) is 27.2 Å². The molecule has 0 aromatic heterocycles. The highest BCUT2D eigenvalue weighted by atomic mass is 16.5. The number of esters is 1. The molecule has 0 saturated carbocycles. The first-order valence-corrected chi connectivity index (χ1v) is 7.21. The van der Waals surface area contributed by atoms with Gasteiger partial charge in [-0.2, -0.15) is 0 Å². The summed E-state index contributed by atoms with van der Waals surface area (Å²) in [6.07, 6.45) is 0.623. The van der Waals surface area contributed by atoms with Crippen molar-refractivity contribution in [3.63, 3.8) is 0 Å². The van der Waals surface area contributed by atoms with Gasteiger partial charge in [-0.1, -0.05) is 11.8 Å². The molecule has 0 spiro atoms. The van der Waals surface area contributed by atoms with Crippen LogP contribution in [0.2, 0.25) is 0 Å². The molecule has 0 fully saturated rings. The largest absolute Gasteiger partial charge is 0.465 e. The molecule has 128 valence electrons. The number of methoxy groups -OCH3 is 1.